The highest BCUT2D eigenvalue weighted by Crippen LogP contribution is 2.16. The summed E-state index contributed by atoms with van der Waals surface area (Å²) in [5, 5.41) is 2.71. The van der Waals surface area contributed by atoms with Gasteiger partial charge in [-0.15, -0.1) is 0 Å². The molecule has 0 radical (unpaired) electrons. The third kappa shape index (κ3) is 6.16. The minimum absolute atomic E-state index is 0.00979. The Morgan fingerprint density at radius 3 is 2.54 bits per heavy atom. The summed E-state index contributed by atoms with van der Waals surface area (Å²) < 4.78 is 15.7. The van der Waals surface area contributed by atoms with Crippen LogP contribution in [0.5, 0.6) is 11.5 Å². The monoisotopic (exact) mass is 360 g/mol. The zero-order valence-corrected chi connectivity index (χ0v) is 15.1. The Bertz CT molecular complexity index is 682. The van der Waals surface area contributed by atoms with E-state index >= 15 is 0 Å². The molecule has 0 aliphatic heterocycles. The molecule has 26 heavy (non-hydrogen) atoms. The highest BCUT2D eigenvalue weighted by molar-refractivity contribution is 5.91. The number of hydrogen-bond acceptors (Lipinski definition) is 5. The van der Waals surface area contributed by atoms with E-state index in [0.717, 1.165) is 11.5 Å². The van der Waals surface area contributed by atoms with E-state index in [1.807, 2.05) is 24.3 Å². The molecule has 2 amide bonds. The zero-order chi connectivity index (χ0) is 18.8. The first-order valence-electron chi connectivity index (χ1n) is 8.42. The van der Waals surface area contributed by atoms with E-state index in [1.54, 1.807) is 31.2 Å². The summed E-state index contributed by atoms with van der Waals surface area (Å²) in [6, 6.07) is 10.5. The van der Waals surface area contributed by atoms with Crippen LogP contribution in [0.3, 0.4) is 0 Å². The van der Waals surface area contributed by atoms with E-state index in [9.17, 15) is 9.59 Å². The lowest BCUT2D eigenvalue weighted by molar-refractivity contribution is -0.130. The Kier molecular flexibility index (Phi) is 7.54. The van der Waals surface area contributed by atoms with Crippen molar-refractivity contribution >= 4 is 11.8 Å². The van der Waals surface area contributed by atoms with Gasteiger partial charge < -0.3 is 24.1 Å². The number of amides is 2. The van der Waals surface area contributed by atoms with E-state index in [0.29, 0.717) is 32.5 Å². The van der Waals surface area contributed by atoms with Crippen LogP contribution in [0.4, 0.5) is 0 Å². The maximum absolute atomic E-state index is 12.1. The number of carbonyl (C=O) groups is 2. The second-order valence-corrected chi connectivity index (χ2v) is 5.68. The highest BCUT2D eigenvalue weighted by atomic mass is 16.5. The molecule has 0 bridgehead atoms. The van der Waals surface area contributed by atoms with Crippen molar-refractivity contribution in [3.05, 3.63) is 48.4 Å². The van der Waals surface area contributed by atoms with Gasteiger partial charge in [0.2, 0.25) is 5.91 Å². The molecule has 0 saturated carbocycles. The molecule has 0 aliphatic carbocycles. The molecule has 1 aromatic carbocycles. The molecule has 2 rings (SSSR count). The zero-order valence-electron chi connectivity index (χ0n) is 15.1. The Balaban J connectivity index is 1.58. The van der Waals surface area contributed by atoms with Crippen molar-refractivity contribution in [2.75, 3.05) is 33.9 Å². The molecule has 0 unspecified atom stereocenters. The Morgan fingerprint density at radius 1 is 1.15 bits per heavy atom. The van der Waals surface area contributed by atoms with Gasteiger partial charge in [0.05, 0.1) is 19.9 Å². The smallest absolute Gasteiger partial charge is 0.286 e. The van der Waals surface area contributed by atoms with Crippen LogP contribution in [-0.4, -0.2) is 50.6 Å². The van der Waals surface area contributed by atoms with Gasteiger partial charge in [0, 0.05) is 20.0 Å². The van der Waals surface area contributed by atoms with Crippen LogP contribution in [0.25, 0.3) is 0 Å². The van der Waals surface area contributed by atoms with Gasteiger partial charge >= 0.3 is 0 Å². The summed E-state index contributed by atoms with van der Waals surface area (Å²) in [4.78, 5) is 25.4. The van der Waals surface area contributed by atoms with Gasteiger partial charge in [0.1, 0.15) is 18.1 Å². The Labute approximate surface area is 152 Å². The maximum atomic E-state index is 12.1. The van der Waals surface area contributed by atoms with Crippen molar-refractivity contribution in [3.63, 3.8) is 0 Å². The molecule has 0 saturated heterocycles. The van der Waals surface area contributed by atoms with Gasteiger partial charge in [-0.2, -0.15) is 0 Å². The number of ether oxygens (including phenoxy) is 2. The number of nitrogens with one attached hydrogen (secondary N) is 1. The topological polar surface area (TPSA) is 81.0 Å². The quantitative estimate of drug-likeness (QED) is 0.658. The molecule has 0 aliphatic rings. The van der Waals surface area contributed by atoms with E-state index < -0.39 is 0 Å². The predicted octanol–water partition coefficient (Wildman–Crippen LogP) is 2.34. The third-order valence-corrected chi connectivity index (χ3v) is 3.78. The summed E-state index contributed by atoms with van der Waals surface area (Å²) in [5.74, 6) is 1.50. The van der Waals surface area contributed by atoms with Crippen LogP contribution >= 0.6 is 0 Å². The van der Waals surface area contributed by atoms with Gasteiger partial charge in [0.15, 0.2) is 5.76 Å². The van der Waals surface area contributed by atoms with Crippen LogP contribution < -0.4 is 14.8 Å². The fourth-order valence-corrected chi connectivity index (χ4v) is 2.22. The third-order valence-electron chi connectivity index (χ3n) is 3.78. The largest absolute Gasteiger partial charge is 0.497 e. The SMILES string of the molecule is COc1ccc(OCCN(C)C(=O)CCCNC(=O)c2ccco2)cc1. The van der Waals surface area contributed by atoms with Crippen molar-refractivity contribution in [3.8, 4) is 11.5 Å². The highest BCUT2D eigenvalue weighted by Gasteiger charge is 2.10. The van der Waals surface area contributed by atoms with Crippen LogP contribution in [0.2, 0.25) is 0 Å². The lowest BCUT2D eigenvalue weighted by Gasteiger charge is -2.17. The number of likely N-dealkylation sites (N-methyl/N-ethyl adjacent to an activating group) is 1. The van der Waals surface area contributed by atoms with Crippen molar-refractivity contribution in [1.82, 2.24) is 10.2 Å². The van der Waals surface area contributed by atoms with Gasteiger partial charge in [-0.25, -0.2) is 0 Å². The number of hydrogen-bond donors (Lipinski definition) is 1. The lowest BCUT2D eigenvalue weighted by atomic mass is 10.2. The van der Waals surface area contributed by atoms with Gasteiger partial charge in [0.25, 0.3) is 5.91 Å². The average Bonchev–Trinajstić information content (AvgIpc) is 3.20. The molecule has 1 heterocycles. The van der Waals surface area contributed by atoms with Crippen molar-refractivity contribution in [2.45, 2.75) is 12.8 Å². The van der Waals surface area contributed by atoms with E-state index in [1.165, 1.54) is 6.26 Å². The van der Waals surface area contributed by atoms with Crippen LogP contribution in [-0.2, 0) is 4.79 Å². The first-order chi connectivity index (χ1) is 12.6. The molecular formula is C19H24N2O5. The van der Waals surface area contributed by atoms with Gasteiger partial charge in [-0.1, -0.05) is 0 Å². The summed E-state index contributed by atoms with van der Waals surface area (Å²) in [5.41, 5.74) is 0. The standard InChI is InChI=1S/C19H24N2O5/c1-21(12-14-25-16-9-7-15(24-2)8-10-16)18(22)6-3-11-20-19(23)17-5-4-13-26-17/h4-5,7-10,13H,3,6,11-12,14H2,1-2H3,(H,20,23). The molecule has 7 heteroatoms. The van der Waals surface area contributed by atoms with E-state index in [-0.39, 0.29) is 17.6 Å². The van der Waals surface area contributed by atoms with Gasteiger partial charge in [-0.3, -0.25) is 9.59 Å². The molecule has 1 aromatic heterocycles. The lowest BCUT2D eigenvalue weighted by Crippen LogP contribution is -2.31. The number of furan rings is 1. The molecule has 0 atom stereocenters. The van der Waals surface area contributed by atoms with Crippen molar-refractivity contribution in [1.29, 1.82) is 0 Å². The summed E-state index contributed by atoms with van der Waals surface area (Å²) in [7, 11) is 3.35. The van der Waals surface area contributed by atoms with Crippen LogP contribution in [0.15, 0.2) is 47.1 Å². The summed E-state index contributed by atoms with van der Waals surface area (Å²) in [6.45, 7) is 1.31. The molecule has 140 valence electrons. The fourth-order valence-electron chi connectivity index (χ4n) is 2.22. The normalized spacial score (nSPS) is 10.2. The number of benzene rings is 1. The number of nitrogens with zero attached hydrogens (tertiary/aromatic N) is 1. The van der Waals surface area contributed by atoms with E-state index in [4.69, 9.17) is 13.9 Å². The van der Waals surface area contributed by atoms with Crippen LogP contribution in [0, 0.1) is 0 Å². The summed E-state index contributed by atoms with van der Waals surface area (Å²) in [6.07, 6.45) is 2.37. The Morgan fingerprint density at radius 2 is 1.88 bits per heavy atom. The maximum Gasteiger partial charge on any atom is 0.286 e. The van der Waals surface area contributed by atoms with E-state index in [2.05, 4.69) is 5.32 Å². The molecule has 0 fully saturated rings. The molecule has 0 spiro atoms. The minimum atomic E-state index is -0.274. The molecular weight excluding hydrogens is 336 g/mol. The number of carbonyl (C=O) groups excluding carboxylic acids is 2. The second kappa shape index (κ2) is 10.1. The Hall–Kier alpha value is -2.96. The average molecular weight is 360 g/mol. The number of methoxy groups -OCH3 is 1. The first kappa shape index (κ1) is 19.4. The van der Waals surface area contributed by atoms with Crippen molar-refractivity contribution < 1.29 is 23.5 Å². The van der Waals surface area contributed by atoms with Gasteiger partial charge in [-0.05, 0) is 42.8 Å². The molecule has 2 aromatic rings. The second-order valence-electron chi connectivity index (χ2n) is 5.68. The molecule has 7 nitrogen and oxygen atoms in total. The number of rotatable bonds is 10. The minimum Gasteiger partial charge on any atom is -0.497 e. The molecule has 1 N–H and O–H groups in total. The fraction of sp³-hybridized carbons (Fsp3) is 0.368. The van der Waals surface area contributed by atoms with Crippen LogP contribution in [0.1, 0.15) is 23.4 Å². The first-order valence-corrected chi connectivity index (χ1v) is 8.42. The van der Waals surface area contributed by atoms with Crippen molar-refractivity contribution in [2.24, 2.45) is 0 Å². The predicted molar refractivity (Wildman–Crippen MR) is 96.4 cm³/mol. The summed E-state index contributed by atoms with van der Waals surface area (Å²) >= 11 is 0.